The molecule has 0 fully saturated rings. The van der Waals surface area contributed by atoms with Crippen LogP contribution in [0.1, 0.15) is 39.0 Å². The molecule has 2 N–H and O–H groups in total. The van der Waals surface area contributed by atoms with Crippen LogP contribution in [0.3, 0.4) is 0 Å². The van der Waals surface area contributed by atoms with Gasteiger partial charge in [0.1, 0.15) is 0 Å². The summed E-state index contributed by atoms with van der Waals surface area (Å²) < 4.78 is 0. The van der Waals surface area contributed by atoms with E-state index in [0.717, 1.165) is 11.3 Å². The van der Waals surface area contributed by atoms with Crippen molar-refractivity contribution in [2.75, 3.05) is 0 Å². The first-order chi connectivity index (χ1) is 7.22. The molecule has 0 spiro atoms. The lowest BCUT2D eigenvalue weighted by atomic mass is 9.86. The first-order valence-corrected chi connectivity index (χ1v) is 5.61. The second-order valence-electron chi connectivity index (χ2n) is 5.35. The lowest BCUT2D eigenvalue weighted by molar-refractivity contribution is -0.00533. The molecule has 0 aliphatic carbocycles. The number of hydrogen-bond donors (Lipinski definition) is 2. The fourth-order valence-corrected chi connectivity index (χ4v) is 1.14. The molecule has 1 aromatic rings. The third-order valence-corrected chi connectivity index (χ3v) is 3.24. The molecule has 0 radical (unpaired) electrons. The SMILES string of the molecule is Cc1ccc(CNC(C)(C)C(C)(C)O)cn1. The van der Waals surface area contributed by atoms with Crippen LogP contribution in [0.15, 0.2) is 18.3 Å². The average Bonchev–Trinajstić information content (AvgIpc) is 2.15. The van der Waals surface area contributed by atoms with Crippen LogP contribution < -0.4 is 5.32 Å². The third-order valence-electron chi connectivity index (χ3n) is 3.24. The van der Waals surface area contributed by atoms with Gasteiger partial charge in [-0.25, -0.2) is 0 Å². The highest BCUT2D eigenvalue weighted by atomic mass is 16.3. The first kappa shape index (κ1) is 13.1. The van der Waals surface area contributed by atoms with Gasteiger partial charge in [0.15, 0.2) is 0 Å². The van der Waals surface area contributed by atoms with Crippen molar-refractivity contribution in [3.05, 3.63) is 29.6 Å². The first-order valence-electron chi connectivity index (χ1n) is 5.61. The summed E-state index contributed by atoms with van der Waals surface area (Å²) in [5, 5.41) is 13.3. The molecule has 0 saturated carbocycles. The predicted octanol–water partition coefficient (Wildman–Crippen LogP) is 2.03. The van der Waals surface area contributed by atoms with Crippen molar-refractivity contribution < 1.29 is 5.11 Å². The van der Waals surface area contributed by atoms with Crippen molar-refractivity contribution in [1.29, 1.82) is 0 Å². The van der Waals surface area contributed by atoms with E-state index in [2.05, 4.69) is 16.4 Å². The molecular formula is C13H22N2O. The lowest BCUT2D eigenvalue weighted by Crippen LogP contribution is -2.55. The quantitative estimate of drug-likeness (QED) is 0.819. The standard InChI is InChI=1S/C13H22N2O/c1-10-6-7-11(8-14-10)9-15-12(2,3)13(4,5)16/h6-8,15-16H,9H2,1-5H3. The fourth-order valence-electron chi connectivity index (χ4n) is 1.14. The summed E-state index contributed by atoms with van der Waals surface area (Å²) in [6.45, 7) is 10.3. The number of rotatable bonds is 4. The number of nitrogens with one attached hydrogen (secondary N) is 1. The van der Waals surface area contributed by atoms with E-state index in [9.17, 15) is 5.11 Å². The van der Waals surface area contributed by atoms with E-state index < -0.39 is 5.60 Å². The Morgan fingerprint density at radius 3 is 2.31 bits per heavy atom. The summed E-state index contributed by atoms with van der Waals surface area (Å²) in [5.74, 6) is 0. The van der Waals surface area contributed by atoms with Crippen LogP contribution in [0.4, 0.5) is 0 Å². The number of aryl methyl sites for hydroxylation is 1. The molecule has 1 aromatic heterocycles. The van der Waals surface area contributed by atoms with Gasteiger partial charge in [-0.3, -0.25) is 4.98 Å². The Hall–Kier alpha value is -0.930. The molecule has 0 saturated heterocycles. The smallest absolute Gasteiger partial charge is 0.0767 e. The van der Waals surface area contributed by atoms with Gasteiger partial charge in [-0.05, 0) is 46.2 Å². The Bertz CT molecular complexity index is 336. The van der Waals surface area contributed by atoms with Gasteiger partial charge >= 0.3 is 0 Å². The lowest BCUT2D eigenvalue weighted by Gasteiger charge is -2.38. The minimum atomic E-state index is -0.759. The van der Waals surface area contributed by atoms with Crippen molar-refractivity contribution in [3.63, 3.8) is 0 Å². The molecule has 0 atom stereocenters. The number of aliphatic hydroxyl groups is 1. The van der Waals surface area contributed by atoms with Gasteiger partial charge in [0.05, 0.1) is 5.60 Å². The summed E-state index contributed by atoms with van der Waals surface area (Å²) in [6.07, 6.45) is 1.86. The molecule has 0 unspecified atom stereocenters. The van der Waals surface area contributed by atoms with E-state index >= 15 is 0 Å². The molecule has 3 heteroatoms. The molecule has 3 nitrogen and oxygen atoms in total. The summed E-state index contributed by atoms with van der Waals surface area (Å²) >= 11 is 0. The van der Waals surface area contributed by atoms with Crippen molar-refractivity contribution in [3.8, 4) is 0 Å². The summed E-state index contributed by atoms with van der Waals surface area (Å²) in [5.41, 5.74) is 1.05. The minimum Gasteiger partial charge on any atom is -0.389 e. The molecular weight excluding hydrogens is 200 g/mol. The topological polar surface area (TPSA) is 45.1 Å². The molecule has 0 aliphatic heterocycles. The van der Waals surface area contributed by atoms with Crippen molar-refractivity contribution in [2.24, 2.45) is 0 Å². The molecule has 1 heterocycles. The Morgan fingerprint density at radius 1 is 1.25 bits per heavy atom. The zero-order chi connectivity index (χ0) is 12.4. The van der Waals surface area contributed by atoms with Crippen LogP contribution in [0.2, 0.25) is 0 Å². The van der Waals surface area contributed by atoms with Crippen LogP contribution >= 0.6 is 0 Å². The van der Waals surface area contributed by atoms with E-state index in [0.29, 0.717) is 6.54 Å². The Balaban J connectivity index is 2.61. The van der Waals surface area contributed by atoms with E-state index in [4.69, 9.17) is 0 Å². The fraction of sp³-hybridized carbons (Fsp3) is 0.615. The molecule has 0 bridgehead atoms. The Labute approximate surface area is 97.9 Å². The van der Waals surface area contributed by atoms with E-state index in [1.54, 1.807) is 0 Å². The van der Waals surface area contributed by atoms with Gasteiger partial charge in [0.2, 0.25) is 0 Å². The molecule has 0 amide bonds. The van der Waals surface area contributed by atoms with E-state index in [-0.39, 0.29) is 5.54 Å². The predicted molar refractivity (Wildman–Crippen MR) is 66.2 cm³/mol. The van der Waals surface area contributed by atoms with Crippen LogP contribution in [-0.2, 0) is 6.54 Å². The van der Waals surface area contributed by atoms with Gasteiger partial charge in [-0.15, -0.1) is 0 Å². The summed E-state index contributed by atoms with van der Waals surface area (Å²) in [7, 11) is 0. The van der Waals surface area contributed by atoms with Crippen molar-refractivity contribution in [2.45, 2.75) is 52.3 Å². The minimum absolute atomic E-state index is 0.335. The van der Waals surface area contributed by atoms with Crippen molar-refractivity contribution in [1.82, 2.24) is 10.3 Å². The summed E-state index contributed by atoms with van der Waals surface area (Å²) in [6, 6.07) is 4.05. The van der Waals surface area contributed by atoms with Gasteiger partial charge in [0, 0.05) is 24.0 Å². The largest absolute Gasteiger partial charge is 0.389 e. The maximum Gasteiger partial charge on any atom is 0.0767 e. The number of pyridine rings is 1. The second kappa shape index (κ2) is 4.52. The molecule has 1 rings (SSSR count). The number of nitrogens with zero attached hydrogens (tertiary/aromatic N) is 1. The second-order valence-corrected chi connectivity index (χ2v) is 5.35. The maximum absolute atomic E-state index is 9.99. The van der Waals surface area contributed by atoms with E-state index in [1.165, 1.54) is 0 Å². The third kappa shape index (κ3) is 3.29. The van der Waals surface area contributed by atoms with Gasteiger partial charge in [-0.2, -0.15) is 0 Å². The molecule has 16 heavy (non-hydrogen) atoms. The highest BCUT2D eigenvalue weighted by molar-refractivity contribution is 5.13. The van der Waals surface area contributed by atoms with E-state index in [1.807, 2.05) is 46.9 Å². The van der Waals surface area contributed by atoms with Gasteiger partial charge < -0.3 is 10.4 Å². The normalized spacial score (nSPS) is 12.9. The maximum atomic E-state index is 9.99. The number of hydrogen-bond acceptors (Lipinski definition) is 3. The highest BCUT2D eigenvalue weighted by Crippen LogP contribution is 2.20. The van der Waals surface area contributed by atoms with Gasteiger partial charge in [-0.1, -0.05) is 6.07 Å². The monoisotopic (exact) mass is 222 g/mol. The van der Waals surface area contributed by atoms with Crippen LogP contribution in [-0.4, -0.2) is 21.2 Å². The summed E-state index contributed by atoms with van der Waals surface area (Å²) in [4.78, 5) is 4.24. The van der Waals surface area contributed by atoms with Gasteiger partial charge in [0.25, 0.3) is 0 Å². The zero-order valence-corrected chi connectivity index (χ0v) is 10.8. The zero-order valence-electron chi connectivity index (χ0n) is 10.8. The average molecular weight is 222 g/mol. The Kier molecular flexibility index (Phi) is 3.71. The molecule has 90 valence electrons. The molecule has 0 aliphatic rings. The van der Waals surface area contributed by atoms with Crippen LogP contribution in [0.5, 0.6) is 0 Å². The van der Waals surface area contributed by atoms with Crippen LogP contribution in [0, 0.1) is 6.92 Å². The number of aromatic nitrogens is 1. The highest BCUT2D eigenvalue weighted by Gasteiger charge is 2.34. The Morgan fingerprint density at radius 2 is 1.88 bits per heavy atom. The van der Waals surface area contributed by atoms with Crippen molar-refractivity contribution >= 4 is 0 Å². The molecule has 0 aromatic carbocycles. The van der Waals surface area contributed by atoms with Crippen LogP contribution in [0.25, 0.3) is 0 Å².